The highest BCUT2D eigenvalue weighted by Crippen LogP contribution is 2.23. The van der Waals surface area contributed by atoms with Crippen LogP contribution >= 0.6 is 0 Å². The number of fused-ring (bicyclic) bond motifs is 1. The van der Waals surface area contributed by atoms with Gasteiger partial charge in [0.2, 0.25) is 0 Å². The molecular formula is C14H11F2N3. The molecule has 0 unspecified atom stereocenters. The predicted octanol–water partition coefficient (Wildman–Crippen LogP) is 3.17. The number of nitrogens with two attached hydrogens (primary N) is 1. The van der Waals surface area contributed by atoms with Crippen molar-refractivity contribution in [3.8, 4) is 11.3 Å². The zero-order valence-corrected chi connectivity index (χ0v) is 10.2. The number of hydrogen-bond donors (Lipinski definition) is 1. The monoisotopic (exact) mass is 259 g/mol. The molecule has 0 radical (unpaired) electrons. The van der Waals surface area contributed by atoms with Gasteiger partial charge in [0.15, 0.2) is 11.6 Å². The van der Waals surface area contributed by atoms with Gasteiger partial charge < -0.3 is 10.1 Å². The molecule has 3 nitrogen and oxygen atoms in total. The van der Waals surface area contributed by atoms with Crippen LogP contribution in [0.15, 0.2) is 36.7 Å². The van der Waals surface area contributed by atoms with Crippen molar-refractivity contribution < 1.29 is 8.78 Å². The fourth-order valence-electron chi connectivity index (χ4n) is 2.09. The highest BCUT2D eigenvalue weighted by atomic mass is 19.2. The van der Waals surface area contributed by atoms with E-state index >= 15 is 0 Å². The second-order valence-electron chi connectivity index (χ2n) is 4.44. The Bertz CT molecular complexity index is 778. The number of nitrogens with zero attached hydrogens (tertiary/aromatic N) is 2. The summed E-state index contributed by atoms with van der Waals surface area (Å²) in [7, 11) is 0. The summed E-state index contributed by atoms with van der Waals surface area (Å²) in [6.45, 7) is 1.90. The molecule has 3 aromatic rings. The number of benzene rings is 1. The first-order chi connectivity index (χ1) is 9.04. The molecule has 5 heteroatoms. The molecular weight excluding hydrogens is 248 g/mol. The summed E-state index contributed by atoms with van der Waals surface area (Å²) in [6, 6.07) is 5.54. The van der Waals surface area contributed by atoms with E-state index in [9.17, 15) is 8.78 Å². The Morgan fingerprint density at radius 1 is 1.11 bits per heavy atom. The minimum absolute atomic E-state index is 0.528. The van der Waals surface area contributed by atoms with E-state index in [-0.39, 0.29) is 0 Å². The minimum atomic E-state index is -0.884. The highest BCUT2D eigenvalue weighted by molar-refractivity contribution is 5.65. The third-order valence-corrected chi connectivity index (χ3v) is 2.97. The summed E-state index contributed by atoms with van der Waals surface area (Å²) in [5, 5.41) is 0. The first-order valence-corrected chi connectivity index (χ1v) is 5.75. The first-order valence-electron chi connectivity index (χ1n) is 5.75. The summed E-state index contributed by atoms with van der Waals surface area (Å²) >= 11 is 0. The van der Waals surface area contributed by atoms with Crippen LogP contribution in [0.5, 0.6) is 0 Å². The topological polar surface area (TPSA) is 43.3 Å². The maximum atomic E-state index is 13.2. The van der Waals surface area contributed by atoms with E-state index in [0.717, 1.165) is 23.3 Å². The molecule has 2 N–H and O–H groups in total. The highest BCUT2D eigenvalue weighted by Gasteiger charge is 2.09. The fraction of sp³-hybridized carbons (Fsp3) is 0.0714. The first kappa shape index (κ1) is 11.6. The largest absolute Gasteiger partial charge is 0.398 e. The van der Waals surface area contributed by atoms with Crippen LogP contribution in [0.3, 0.4) is 0 Å². The van der Waals surface area contributed by atoms with Gasteiger partial charge in [-0.2, -0.15) is 0 Å². The maximum absolute atomic E-state index is 13.2. The normalized spacial score (nSPS) is 11.1. The number of imidazole rings is 1. The van der Waals surface area contributed by atoms with Gasteiger partial charge in [0.25, 0.3) is 0 Å². The maximum Gasteiger partial charge on any atom is 0.159 e. The molecule has 3 rings (SSSR count). The summed E-state index contributed by atoms with van der Waals surface area (Å²) in [6.07, 6.45) is 3.48. The molecule has 0 aliphatic heterocycles. The molecule has 0 fully saturated rings. The molecule has 0 aliphatic rings. The van der Waals surface area contributed by atoms with Crippen molar-refractivity contribution in [2.75, 3.05) is 5.73 Å². The van der Waals surface area contributed by atoms with Gasteiger partial charge in [0.05, 0.1) is 5.69 Å². The molecule has 0 saturated heterocycles. The average molecular weight is 259 g/mol. The molecule has 0 saturated carbocycles. The van der Waals surface area contributed by atoms with E-state index in [0.29, 0.717) is 16.9 Å². The molecule has 0 aliphatic carbocycles. The van der Waals surface area contributed by atoms with E-state index in [1.807, 2.05) is 13.0 Å². The summed E-state index contributed by atoms with van der Waals surface area (Å²) in [5.74, 6) is -1.75. The lowest BCUT2D eigenvalue weighted by molar-refractivity contribution is 0.509. The molecule has 96 valence electrons. The Morgan fingerprint density at radius 2 is 1.89 bits per heavy atom. The number of halogens is 2. The van der Waals surface area contributed by atoms with Crippen LogP contribution in [0.1, 0.15) is 5.56 Å². The van der Waals surface area contributed by atoms with Crippen LogP contribution < -0.4 is 5.73 Å². The molecule has 0 atom stereocenters. The number of aryl methyl sites for hydroxylation is 1. The zero-order valence-electron chi connectivity index (χ0n) is 10.2. The van der Waals surface area contributed by atoms with Gasteiger partial charge in [-0.05, 0) is 36.8 Å². The number of rotatable bonds is 1. The molecule has 0 bridgehead atoms. The third kappa shape index (κ3) is 1.93. The smallest absolute Gasteiger partial charge is 0.159 e. The van der Waals surface area contributed by atoms with Gasteiger partial charge >= 0.3 is 0 Å². The van der Waals surface area contributed by atoms with Crippen LogP contribution in [-0.4, -0.2) is 9.38 Å². The van der Waals surface area contributed by atoms with Crippen molar-refractivity contribution in [3.63, 3.8) is 0 Å². The lowest BCUT2D eigenvalue weighted by Gasteiger charge is -1.98. The Balaban J connectivity index is 2.20. The van der Waals surface area contributed by atoms with Crippen molar-refractivity contribution >= 4 is 11.3 Å². The summed E-state index contributed by atoms with van der Waals surface area (Å²) in [5.41, 5.74) is 9.16. The van der Waals surface area contributed by atoms with Gasteiger partial charge in [0, 0.05) is 23.6 Å². The standard InChI is InChI=1S/C14H11F2N3/c1-8-4-10(17)6-19-7-13(18-14(8)19)9-2-3-11(15)12(16)5-9/h2-7H,17H2,1H3. The van der Waals surface area contributed by atoms with Crippen molar-refractivity contribution in [3.05, 3.63) is 53.9 Å². The molecule has 0 spiro atoms. The average Bonchev–Trinajstić information content (AvgIpc) is 2.76. The molecule has 2 aromatic heterocycles. The van der Waals surface area contributed by atoms with E-state index in [1.54, 1.807) is 16.8 Å². The molecule has 2 heterocycles. The number of pyridine rings is 1. The molecule has 1 aromatic carbocycles. The van der Waals surface area contributed by atoms with E-state index in [2.05, 4.69) is 4.98 Å². The van der Waals surface area contributed by atoms with Crippen LogP contribution in [0.25, 0.3) is 16.9 Å². The summed E-state index contributed by atoms with van der Waals surface area (Å²) < 4.78 is 27.9. The van der Waals surface area contributed by atoms with E-state index < -0.39 is 11.6 Å². The predicted molar refractivity (Wildman–Crippen MR) is 69.7 cm³/mol. The SMILES string of the molecule is Cc1cc(N)cn2cc(-c3ccc(F)c(F)c3)nc12. The van der Waals surface area contributed by atoms with Gasteiger partial charge in [-0.3, -0.25) is 0 Å². The Labute approximate surface area is 108 Å². The Kier molecular flexibility index (Phi) is 2.48. The quantitative estimate of drug-likeness (QED) is 0.729. The Morgan fingerprint density at radius 3 is 2.63 bits per heavy atom. The van der Waals surface area contributed by atoms with Crippen LogP contribution in [0, 0.1) is 18.6 Å². The third-order valence-electron chi connectivity index (χ3n) is 2.97. The Hall–Kier alpha value is -2.43. The number of hydrogen-bond acceptors (Lipinski definition) is 2. The van der Waals surface area contributed by atoms with E-state index in [1.165, 1.54) is 6.07 Å². The minimum Gasteiger partial charge on any atom is -0.398 e. The second-order valence-corrected chi connectivity index (χ2v) is 4.44. The van der Waals surface area contributed by atoms with Crippen molar-refractivity contribution in [2.24, 2.45) is 0 Å². The number of aromatic nitrogens is 2. The lowest BCUT2D eigenvalue weighted by Crippen LogP contribution is -1.92. The number of anilines is 1. The van der Waals surface area contributed by atoms with Crippen LogP contribution in [-0.2, 0) is 0 Å². The summed E-state index contributed by atoms with van der Waals surface area (Å²) in [4.78, 5) is 4.41. The van der Waals surface area contributed by atoms with Gasteiger partial charge in [0.1, 0.15) is 5.65 Å². The molecule has 0 amide bonds. The van der Waals surface area contributed by atoms with Crippen molar-refractivity contribution in [1.82, 2.24) is 9.38 Å². The number of nitrogen functional groups attached to an aromatic ring is 1. The van der Waals surface area contributed by atoms with E-state index in [4.69, 9.17) is 5.73 Å². The zero-order chi connectivity index (χ0) is 13.6. The lowest BCUT2D eigenvalue weighted by atomic mass is 10.1. The van der Waals surface area contributed by atoms with Crippen LogP contribution in [0.2, 0.25) is 0 Å². The van der Waals surface area contributed by atoms with Gasteiger partial charge in [-0.25, -0.2) is 13.8 Å². The fourth-order valence-corrected chi connectivity index (χ4v) is 2.09. The van der Waals surface area contributed by atoms with Gasteiger partial charge in [-0.15, -0.1) is 0 Å². The molecule has 19 heavy (non-hydrogen) atoms. The van der Waals surface area contributed by atoms with Crippen LogP contribution in [0.4, 0.5) is 14.5 Å². The second kappa shape index (κ2) is 4.05. The van der Waals surface area contributed by atoms with Crippen molar-refractivity contribution in [2.45, 2.75) is 6.92 Å². The van der Waals surface area contributed by atoms with Gasteiger partial charge in [-0.1, -0.05) is 0 Å². The van der Waals surface area contributed by atoms with Crippen molar-refractivity contribution in [1.29, 1.82) is 0 Å².